The molecule has 0 saturated heterocycles. The zero-order chi connectivity index (χ0) is 19.7. The van der Waals surface area contributed by atoms with Gasteiger partial charge in [-0.1, -0.05) is 26.0 Å². The first kappa shape index (κ1) is 21.3. The van der Waals surface area contributed by atoms with Gasteiger partial charge >= 0.3 is 0 Å². The van der Waals surface area contributed by atoms with E-state index < -0.39 is 0 Å². The molecule has 0 aliphatic carbocycles. The number of aliphatic imine (C=N–C) groups is 1. The molecule has 0 fully saturated rings. The lowest BCUT2D eigenvalue weighted by Gasteiger charge is -2.29. The van der Waals surface area contributed by atoms with Crippen molar-refractivity contribution in [1.29, 1.82) is 0 Å². The molecule has 0 saturated carbocycles. The average Bonchev–Trinajstić information content (AvgIpc) is 3.07. The minimum atomic E-state index is 0.0891. The maximum atomic E-state index is 9.40. The Kier molecular flexibility index (Phi) is 8.17. The predicted molar refractivity (Wildman–Crippen MR) is 115 cm³/mol. The van der Waals surface area contributed by atoms with Gasteiger partial charge in [0.2, 0.25) is 0 Å². The third kappa shape index (κ3) is 5.73. The van der Waals surface area contributed by atoms with Crippen LogP contribution in [-0.2, 0) is 6.42 Å². The number of hydrogen-bond acceptors (Lipinski definition) is 2. The van der Waals surface area contributed by atoms with E-state index in [1.54, 1.807) is 0 Å². The number of rotatable bonds is 10. The fourth-order valence-corrected chi connectivity index (χ4v) is 3.55. The Hall–Kier alpha value is -2.01. The molecule has 150 valence electrons. The Morgan fingerprint density at radius 3 is 2.63 bits per heavy atom. The number of aryl methyl sites for hydroxylation is 1. The van der Waals surface area contributed by atoms with Gasteiger partial charge in [0.25, 0.3) is 0 Å². The number of aliphatic hydroxyl groups excluding tert-OH is 1. The fraction of sp³-hybridized carbons (Fsp3) is 0.591. The minimum Gasteiger partial charge on any atom is -0.396 e. The van der Waals surface area contributed by atoms with Gasteiger partial charge in [-0.3, -0.25) is 4.99 Å². The summed E-state index contributed by atoms with van der Waals surface area (Å²) in [5.41, 5.74) is 3.88. The molecule has 0 amide bonds. The predicted octanol–water partition coefficient (Wildman–Crippen LogP) is 3.76. The second-order valence-electron chi connectivity index (χ2n) is 7.42. The number of benzene rings is 1. The van der Waals surface area contributed by atoms with E-state index in [-0.39, 0.29) is 12.0 Å². The molecule has 0 unspecified atom stereocenters. The Morgan fingerprint density at radius 2 is 1.96 bits per heavy atom. The highest BCUT2D eigenvalue weighted by Gasteiger charge is 2.25. The van der Waals surface area contributed by atoms with Crippen LogP contribution in [0.1, 0.15) is 51.2 Å². The lowest BCUT2D eigenvalue weighted by atomic mass is 9.79. The number of aliphatic hydroxyl groups is 1. The molecule has 0 spiro atoms. The molecule has 1 heterocycles. The van der Waals surface area contributed by atoms with Crippen molar-refractivity contribution >= 4 is 16.9 Å². The molecular formula is C22H36N4O. The highest BCUT2D eigenvalue weighted by molar-refractivity contribution is 5.84. The van der Waals surface area contributed by atoms with Gasteiger partial charge in [-0.15, -0.1) is 0 Å². The lowest BCUT2D eigenvalue weighted by Crippen LogP contribution is -2.39. The molecule has 2 aromatic rings. The van der Waals surface area contributed by atoms with Gasteiger partial charge in [0, 0.05) is 43.3 Å². The maximum Gasteiger partial charge on any atom is 0.191 e. The van der Waals surface area contributed by atoms with E-state index in [1.165, 1.54) is 22.0 Å². The van der Waals surface area contributed by atoms with E-state index in [4.69, 9.17) is 4.99 Å². The van der Waals surface area contributed by atoms with Gasteiger partial charge in [-0.2, -0.15) is 0 Å². The van der Waals surface area contributed by atoms with Gasteiger partial charge in [0.15, 0.2) is 5.96 Å². The molecule has 2 rings (SSSR count). The van der Waals surface area contributed by atoms with Gasteiger partial charge in [-0.25, -0.2) is 0 Å². The molecule has 27 heavy (non-hydrogen) atoms. The van der Waals surface area contributed by atoms with Crippen molar-refractivity contribution in [1.82, 2.24) is 15.6 Å². The van der Waals surface area contributed by atoms with Crippen molar-refractivity contribution < 1.29 is 5.11 Å². The third-order valence-corrected chi connectivity index (χ3v) is 5.67. The molecule has 1 aromatic heterocycles. The Balaban J connectivity index is 1.98. The van der Waals surface area contributed by atoms with E-state index in [9.17, 15) is 5.11 Å². The molecule has 5 heteroatoms. The summed E-state index contributed by atoms with van der Waals surface area (Å²) in [6.45, 7) is 11.2. The minimum absolute atomic E-state index is 0.0891. The van der Waals surface area contributed by atoms with Crippen molar-refractivity contribution in [2.24, 2.45) is 10.4 Å². The first-order valence-electron chi connectivity index (χ1n) is 10.3. The zero-order valence-electron chi connectivity index (χ0n) is 17.4. The van der Waals surface area contributed by atoms with Crippen LogP contribution in [0.5, 0.6) is 0 Å². The molecule has 0 bridgehead atoms. The Labute approximate surface area is 163 Å². The first-order valence-corrected chi connectivity index (χ1v) is 10.3. The second-order valence-corrected chi connectivity index (χ2v) is 7.42. The SMILES string of the molecule is CCNC(=NCC(CC)(CC)CCO)NCCc1c[nH]c2cc(C)ccc12. The first-order chi connectivity index (χ1) is 13.1. The molecule has 5 nitrogen and oxygen atoms in total. The summed E-state index contributed by atoms with van der Waals surface area (Å²) < 4.78 is 0. The molecule has 1 aromatic carbocycles. The highest BCUT2D eigenvalue weighted by Crippen LogP contribution is 2.30. The van der Waals surface area contributed by atoms with E-state index >= 15 is 0 Å². The Morgan fingerprint density at radius 1 is 1.19 bits per heavy atom. The number of fused-ring (bicyclic) bond motifs is 1. The average molecular weight is 373 g/mol. The van der Waals surface area contributed by atoms with Crippen molar-refractivity contribution in [2.75, 3.05) is 26.2 Å². The van der Waals surface area contributed by atoms with Crippen LogP contribution in [0.4, 0.5) is 0 Å². The van der Waals surface area contributed by atoms with Gasteiger partial charge in [-0.05, 0) is 62.1 Å². The summed E-state index contributed by atoms with van der Waals surface area (Å²) in [5.74, 6) is 0.859. The van der Waals surface area contributed by atoms with Gasteiger partial charge < -0.3 is 20.7 Å². The fourth-order valence-electron chi connectivity index (χ4n) is 3.55. The van der Waals surface area contributed by atoms with Crippen molar-refractivity contribution in [2.45, 2.75) is 53.4 Å². The summed E-state index contributed by atoms with van der Waals surface area (Å²) in [6, 6.07) is 6.55. The molecule has 0 radical (unpaired) electrons. The van der Waals surface area contributed by atoms with E-state index in [2.05, 4.69) is 67.7 Å². The second kappa shape index (κ2) is 10.4. The monoisotopic (exact) mass is 372 g/mol. The van der Waals surface area contributed by atoms with Crippen LogP contribution in [0.25, 0.3) is 10.9 Å². The normalized spacial score (nSPS) is 12.6. The van der Waals surface area contributed by atoms with Gasteiger partial charge in [0.1, 0.15) is 0 Å². The van der Waals surface area contributed by atoms with Crippen LogP contribution in [0.15, 0.2) is 29.4 Å². The van der Waals surface area contributed by atoms with Crippen LogP contribution in [0, 0.1) is 12.3 Å². The highest BCUT2D eigenvalue weighted by atomic mass is 16.3. The van der Waals surface area contributed by atoms with Crippen LogP contribution < -0.4 is 10.6 Å². The summed E-state index contributed by atoms with van der Waals surface area (Å²) in [4.78, 5) is 8.18. The molecule has 0 atom stereocenters. The molecule has 0 aliphatic heterocycles. The summed E-state index contributed by atoms with van der Waals surface area (Å²) in [7, 11) is 0. The number of H-pyrrole nitrogens is 1. The standard InChI is InChI=1S/C22H36N4O/c1-5-22(6-2,11-13-27)16-26-21(23-7-3)24-12-10-18-15-25-20-14-17(4)8-9-19(18)20/h8-9,14-15,25,27H,5-7,10-13,16H2,1-4H3,(H2,23,24,26). The molecular weight excluding hydrogens is 336 g/mol. The lowest BCUT2D eigenvalue weighted by molar-refractivity contribution is 0.175. The number of hydrogen-bond donors (Lipinski definition) is 4. The maximum absolute atomic E-state index is 9.40. The summed E-state index contributed by atoms with van der Waals surface area (Å²) in [6.07, 6.45) is 5.91. The quantitative estimate of drug-likeness (QED) is 0.379. The van der Waals surface area contributed by atoms with Gasteiger partial charge in [0.05, 0.1) is 0 Å². The number of guanidine groups is 1. The van der Waals surface area contributed by atoms with E-state index in [0.717, 1.165) is 51.3 Å². The third-order valence-electron chi connectivity index (χ3n) is 5.67. The largest absolute Gasteiger partial charge is 0.396 e. The van der Waals surface area contributed by atoms with Crippen LogP contribution in [-0.4, -0.2) is 42.3 Å². The van der Waals surface area contributed by atoms with Crippen molar-refractivity contribution in [3.63, 3.8) is 0 Å². The summed E-state index contributed by atoms with van der Waals surface area (Å²) in [5, 5.41) is 17.5. The number of aromatic amines is 1. The molecule has 4 N–H and O–H groups in total. The Bertz CT molecular complexity index is 731. The van der Waals surface area contributed by atoms with E-state index in [1.807, 2.05) is 0 Å². The molecule has 0 aliphatic rings. The van der Waals surface area contributed by atoms with Crippen LogP contribution in [0.2, 0.25) is 0 Å². The van der Waals surface area contributed by atoms with Crippen molar-refractivity contribution in [3.8, 4) is 0 Å². The summed E-state index contributed by atoms with van der Waals surface area (Å²) >= 11 is 0. The number of nitrogens with zero attached hydrogens (tertiary/aromatic N) is 1. The van der Waals surface area contributed by atoms with Crippen LogP contribution in [0.3, 0.4) is 0 Å². The van der Waals surface area contributed by atoms with Crippen LogP contribution >= 0.6 is 0 Å². The number of nitrogens with one attached hydrogen (secondary N) is 3. The van der Waals surface area contributed by atoms with Crippen molar-refractivity contribution in [3.05, 3.63) is 35.5 Å². The number of aromatic nitrogens is 1. The smallest absolute Gasteiger partial charge is 0.191 e. The van der Waals surface area contributed by atoms with E-state index in [0.29, 0.717) is 0 Å². The zero-order valence-corrected chi connectivity index (χ0v) is 17.4. The topological polar surface area (TPSA) is 72.4 Å².